The van der Waals surface area contributed by atoms with Gasteiger partial charge in [-0.05, 0) is 42.5 Å². The summed E-state index contributed by atoms with van der Waals surface area (Å²) in [7, 11) is 0. The molecule has 0 spiro atoms. The molecule has 0 atom stereocenters. The number of hydrogen-bond donors (Lipinski definition) is 0. The van der Waals surface area contributed by atoms with Gasteiger partial charge in [0, 0.05) is 39.1 Å². The number of rotatable bonds is 2. The van der Waals surface area contributed by atoms with Crippen molar-refractivity contribution < 1.29 is 0 Å². The van der Waals surface area contributed by atoms with E-state index >= 15 is 0 Å². The molecule has 3 heteroatoms. The predicted octanol–water partition coefficient (Wildman–Crippen LogP) is 7.28. The molecule has 0 aliphatic heterocycles. The second kappa shape index (κ2) is 6.56. The maximum absolute atomic E-state index is 4.47. The first-order valence-electron chi connectivity index (χ1n) is 10.8. The van der Waals surface area contributed by atoms with Crippen LogP contribution in [0.3, 0.4) is 0 Å². The molecule has 4 aromatic carbocycles. The minimum Gasteiger partial charge on any atom is -0.309 e. The number of benzene rings is 4. The maximum atomic E-state index is 4.47. The smallest absolute Gasteiger partial charge is 0.0725 e. The monoisotopic (exact) mass is 409 g/mol. The Bertz CT molecular complexity index is 1760. The van der Waals surface area contributed by atoms with Crippen molar-refractivity contribution in [3.8, 4) is 11.4 Å². The maximum Gasteiger partial charge on any atom is 0.0725 e. The van der Waals surface area contributed by atoms with Gasteiger partial charge in [-0.15, -0.1) is 0 Å². The number of para-hydroxylation sites is 3. The van der Waals surface area contributed by atoms with Gasteiger partial charge in [0.25, 0.3) is 0 Å². The zero-order valence-corrected chi connectivity index (χ0v) is 17.3. The molecular formula is C29H19N3. The summed E-state index contributed by atoms with van der Waals surface area (Å²) < 4.78 is 4.73. The van der Waals surface area contributed by atoms with E-state index in [2.05, 4.69) is 117 Å². The summed E-state index contributed by atoms with van der Waals surface area (Å²) in [6.45, 7) is 0. The highest BCUT2D eigenvalue weighted by molar-refractivity contribution is 6.26. The quantitative estimate of drug-likeness (QED) is 0.294. The number of fused-ring (bicyclic) bond motifs is 7. The average molecular weight is 409 g/mol. The molecule has 0 radical (unpaired) electrons. The molecule has 0 fully saturated rings. The van der Waals surface area contributed by atoms with Crippen molar-refractivity contribution in [2.24, 2.45) is 0 Å². The van der Waals surface area contributed by atoms with Gasteiger partial charge in [0.1, 0.15) is 0 Å². The fourth-order valence-corrected chi connectivity index (χ4v) is 5.10. The largest absolute Gasteiger partial charge is 0.309 e. The molecule has 3 nitrogen and oxygen atoms in total. The minimum atomic E-state index is 1.12. The Balaban J connectivity index is 1.77. The summed E-state index contributed by atoms with van der Waals surface area (Å²) in [4.78, 5) is 4.47. The standard InChI is InChI=1S/C29H19N3/c1-3-9-20(10-4-1)31-26-16-15-23-22-13-7-8-14-25(22)32(21-11-5-2-6-12-21)29(23)28(26)24-17-18-30-19-27(24)31/h1-19H. The first-order chi connectivity index (χ1) is 15.9. The van der Waals surface area contributed by atoms with Crippen molar-refractivity contribution in [3.63, 3.8) is 0 Å². The lowest BCUT2D eigenvalue weighted by atomic mass is 10.1. The van der Waals surface area contributed by atoms with E-state index in [4.69, 9.17) is 0 Å². The van der Waals surface area contributed by atoms with Crippen molar-refractivity contribution >= 4 is 43.6 Å². The summed E-state index contributed by atoms with van der Waals surface area (Å²) in [5.41, 5.74) is 7.07. The van der Waals surface area contributed by atoms with E-state index in [0.717, 1.165) is 11.2 Å². The van der Waals surface area contributed by atoms with Crippen LogP contribution >= 0.6 is 0 Å². The molecule has 32 heavy (non-hydrogen) atoms. The van der Waals surface area contributed by atoms with Crippen LogP contribution in [0.2, 0.25) is 0 Å². The van der Waals surface area contributed by atoms with Crippen molar-refractivity contribution in [2.75, 3.05) is 0 Å². The Morgan fingerprint density at radius 2 is 1.16 bits per heavy atom. The van der Waals surface area contributed by atoms with Crippen molar-refractivity contribution in [3.05, 3.63) is 116 Å². The Morgan fingerprint density at radius 3 is 1.94 bits per heavy atom. The highest BCUT2D eigenvalue weighted by Gasteiger charge is 2.20. The van der Waals surface area contributed by atoms with Crippen LogP contribution in [-0.4, -0.2) is 14.1 Å². The first kappa shape index (κ1) is 17.3. The van der Waals surface area contributed by atoms with E-state index in [1.165, 1.54) is 43.8 Å². The molecule has 7 rings (SSSR count). The third kappa shape index (κ3) is 2.28. The third-order valence-electron chi connectivity index (χ3n) is 6.39. The second-order valence-electron chi connectivity index (χ2n) is 8.11. The van der Waals surface area contributed by atoms with E-state index < -0.39 is 0 Å². The summed E-state index contributed by atoms with van der Waals surface area (Å²) in [6.07, 6.45) is 3.87. The molecule has 150 valence electrons. The molecular weight excluding hydrogens is 390 g/mol. The average Bonchev–Trinajstić information content (AvgIpc) is 3.38. The normalized spacial score (nSPS) is 11.8. The summed E-state index contributed by atoms with van der Waals surface area (Å²) in [6, 6.07) is 36.5. The topological polar surface area (TPSA) is 22.8 Å². The first-order valence-corrected chi connectivity index (χ1v) is 10.8. The zero-order chi connectivity index (χ0) is 21.1. The third-order valence-corrected chi connectivity index (χ3v) is 6.39. The minimum absolute atomic E-state index is 1.12. The van der Waals surface area contributed by atoms with Crippen molar-refractivity contribution in [1.29, 1.82) is 0 Å². The lowest BCUT2D eigenvalue weighted by Gasteiger charge is -2.09. The number of pyridine rings is 1. The van der Waals surface area contributed by atoms with E-state index in [1.807, 2.05) is 12.4 Å². The number of aromatic nitrogens is 3. The van der Waals surface area contributed by atoms with Crippen molar-refractivity contribution in [1.82, 2.24) is 14.1 Å². The van der Waals surface area contributed by atoms with E-state index in [1.54, 1.807) is 0 Å². The summed E-state index contributed by atoms with van der Waals surface area (Å²) in [5.74, 6) is 0. The fourth-order valence-electron chi connectivity index (χ4n) is 5.10. The van der Waals surface area contributed by atoms with Crippen LogP contribution in [0, 0.1) is 0 Å². The molecule has 0 unspecified atom stereocenters. The van der Waals surface area contributed by atoms with Gasteiger partial charge in [-0.1, -0.05) is 60.7 Å². The van der Waals surface area contributed by atoms with Crippen LogP contribution in [0.15, 0.2) is 116 Å². The molecule has 3 heterocycles. The molecule has 3 aromatic heterocycles. The molecule has 0 amide bonds. The van der Waals surface area contributed by atoms with Crippen molar-refractivity contribution in [2.45, 2.75) is 0 Å². The number of hydrogen-bond acceptors (Lipinski definition) is 1. The Hall–Kier alpha value is -4.37. The Kier molecular flexibility index (Phi) is 3.55. The molecule has 0 aliphatic rings. The van der Waals surface area contributed by atoms with Gasteiger partial charge in [0.15, 0.2) is 0 Å². The van der Waals surface area contributed by atoms with Crippen LogP contribution in [0.25, 0.3) is 55.0 Å². The SMILES string of the molecule is c1ccc(-n2c3cnccc3c3c2ccc2c4ccccc4n(-c4ccccc4)c23)cc1. The summed E-state index contributed by atoms with van der Waals surface area (Å²) in [5, 5.41) is 5.00. The summed E-state index contributed by atoms with van der Waals surface area (Å²) >= 11 is 0. The molecule has 0 bridgehead atoms. The molecule has 0 N–H and O–H groups in total. The molecule has 0 aliphatic carbocycles. The lowest BCUT2D eigenvalue weighted by molar-refractivity contribution is 1.16. The van der Waals surface area contributed by atoms with Gasteiger partial charge < -0.3 is 9.13 Å². The predicted molar refractivity (Wildman–Crippen MR) is 133 cm³/mol. The van der Waals surface area contributed by atoms with Gasteiger partial charge in [-0.2, -0.15) is 0 Å². The van der Waals surface area contributed by atoms with Gasteiger partial charge in [0.05, 0.1) is 28.3 Å². The van der Waals surface area contributed by atoms with E-state index in [-0.39, 0.29) is 0 Å². The Morgan fingerprint density at radius 1 is 0.469 bits per heavy atom. The Labute approximate surface area is 184 Å². The van der Waals surface area contributed by atoms with Crippen LogP contribution in [0.4, 0.5) is 0 Å². The molecule has 7 aromatic rings. The zero-order valence-electron chi connectivity index (χ0n) is 17.3. The van der Waals surface area contributed by atoms with Gasteiger partial charge in [-0.25, -0.2) is 0 Å². The van der Waals surface area contributed by atoms with Gasteiger partial charge >= 0.3 is 0 Å². The van der Waals surface area contributed by atoms with Crippen LogP contribution < -0.4 is 0 Å². The highest BCUT2D eigenvalue weighted by atomic mass is 15.0. The van der Waals surface area contributed by atoms with Crippen LogP contribution in [0.5, 0.6) is 0 Å². The fraction of sp³-hybridized carbons (Fsp3) is 0. The highest BCUT2D eigenvalue weighted by Crippen LogP contribution is 2.41. The van der Waals surface area contributed by atoms with Crippen LogP contribution in [-0.2, 0) is 0 Å². The number of nitrogens with zero attached hydrogens (tertiary/aromatic N) is 3. The van der Waals surface area contributed by atoms with Gasteiger partial charge in [0.2, 0.25) is 0 Å². The van der Waals surface area contributed by atoms with Crippen LogP contribution in [0.1, 0.15) is 0 Å². The second-order valence-corrected chi connectivity index (χ2v) is 8.11. The van der Waals surface area contributed by atoms with E-state index in [9.17, 15) is 0 Å². The van der Waals surface area contributed by atoms with E-state index in [0.29, 0.717) is 0 Å². The molecule has 0 saturated carbocycles. The van der Waals surface area contributed by atoms with Gasteiger partial charge in [-0.3, -0.25) is 4.98 Å². The molecule has 0 saturated heterocycles. The lowest BCUT2D eigenvalue weighted by Crippen LogP contribution is -1.95.